The van der Waals surface area contributed by atoms with Crippen LogP contribution in [-0.2, 0) is 0 Å². The van der Waals surface area contributed by atoms with Crippen LogP contribution in [0.5, 0.6) is 0 Å². The van der Waals surface area contributed by atoms with Gasteiger partial charge in [-0.25, -0.2) is 0 Å². The molecule has 96 valence electrons. The molecule has 2 N–H and O–H groups in total. The van der Waals surface area contributed by atoms with Crippen LogP contribution in [0.15, 0.2) is 18.2 Å². The Morgan fingerprint density at radius 3 is 2.12 bits per heavy atom. The molecule has 0 aliphatic rings. The van der Waals surface area contributed by atoms with Crippen molar-refractivity contribution in [3.05, 3.63) is 34.3 Å². The maximum absolute atomic E-state index is 12.9. The Kier molecular flexibility index (Phi) is 3.69. The molecule has 1 rings (SSSR count). The van der Waals surface area contributed by atoms with E-state index in [-0.39, 0.29) is 10.6 Å². The minimum absolute atomic E-state index is 0.0934. The number of halogens is 6. The summed E-state index contributed by atoms with van der Waals surface area (Å²) >= 11 is 5.64. The predicted molar refractivity (Wildman–Crippen MR) is 54.1 cm³/mol. The summed E-state index contributed by atoms with van der Waals surface area (Å²) in [5, 5.41) is 0.0934. The molecule has 17 heavy (non-hydrogen) atoms. The molecule has 0 bridgehead atoms. The quantitative estimate of drug-likeness (QED) is 0.814. The predicted octanol–water partition coefficient (Wildman–Crippen LogP) is 3.85. The molecule has 1 nitrogen and oxygen atoms in total. The highest BCUT2D eigenvalue weighted by molar-refractivity contribution is 6.31. The van der Waals surface area contributed by atoms with Crippen LogP contribution in [-0.4, -0.2) is 12.1 Å². The molecular formula is C10H9ClF5N. The molecule has 1 aromatic rings. The Labute approximate surface area is 99.4 Å². The molecule has 0 aromatic heterocycles. The molecule has 0 aliphatic heterocycles. The lowest BCUT2D eigenvalue weighted by atomic mass is 10.00. The highest BCUT2D eigenvalue weighted by atomic mass is 35.5. The number of hydrogen-bond donors (Lipinski definition) is 1. The van der Waals surface area contributed by atoms with Crippen molar-refractivity contribution in [3.63, 3.8) is 0 Å². The number of aryl methyl sites for hydroxylation is 1. The standard InChI is InChI=1S/C10H9ClF5N/c1-5-2-3-6(4-7(5)11)8(17)9(12,13)10(14,15)16/h2-4,8H,17H2,1H3/t8-/m1/s1. The van der Waals surface area contributed by atoms with Gasteiger partial charge in [-0.1, -0.05) is 23.7 Å². The lowest BCUT2D eigenvalue weighted by Gasteiger charge is -2.26. The number of rotatable bonds is 2. The highest BCUT2D eigenvalue weighted by Gasteiger charge is 2.61. The van der Waals surface area contributed by atoms with Crippen LogP contribution in [0.2, 0.25) is 5.02 Å². The number of nitrogens with two attached hydrogens (primary N) is 1. The van der Waals surface area contributed by atoms with E-state index in [0.717, 1.165) is 12.1 Å². The van der Waals surface area contributed by atoms with Gasteiger partial charge in [-0.3, -0.25) is 0 Å². The van der Waals surface area contributed by atoms with Gasteiger partial charge < -0.3 is 5.73 Å². The van der Waals surface area contributed by atoms with E-state index in [2.05, 4.69) is 0 Å². The van der Waals surface area contributed by atoms with Gasteiger partial charge >= 0.3 is 12.1 Å². The van der Waals surface area contributed by atoms with E-state index in [1.807, 2.05) is 0 Å². The van der Waals surface area contributed by atoms with E-state index in [1.54, 1.807) is 6.92 Å². The molecule has 1 atom stereocenters. The zero-order chi connectivity index (χ0) is 13.4. The molecule has 0 spiro atoms. The summed E-state index contributed by atoms with van der Waals surface area (Å²) in [4.78, 5) is 0. The number of benzene rings is 1. The lowest BCUT2D eigenvalue weighted by molar-refractivity contribution is -0.291. The smallest absolute Gasteiger partial charge is 0.319 e. The Balaban J connectivity index is 3.12. The topological polar surface area (TPSA) is 26.0 Å². The van der Waals surface area contributed by atoms with Gasteiger partial charge in [-0.05, 0) is 24.1 Å². The largest absolute Gasteiger partial charge is 0.455 e. The van der Waals surface area contributed by atoms with Crippen LogP contribution in [0.1, 0.15) is 17.2 Å². The Bertz CT molecular complexity index is 416. The van der Waals surface area contributed by atoms with Crippen molar-refractivity contribution in [3.8, 4) is 0 Å². The SMILES string of the molecule is Cc1ccc([C@@H](N)C(F)(F)C(F)(F)F)cc1Cl. The van der Waals surface area contributed by atoms with E-state index in [1.165, 1.54) is 6.07 Å². The summed E-state index contributed by atoms with van der Waals surface area (Å²) in [7, 11) is 0. The summed E-state index contributed by atoms with van der Waals surface area (Å²) in [5.41, 5.74) is 5.16. The van der Waals surface area contributed by atoms with Gasteiger partial charge in [-0.15, -0.1) is 0 Å². The van der Waals surface area contributed by atoms with Crippen molar-refractivity contribution >= 4 is 11.6 Å². The fourth-order valence-electron chi connectivity index (χ4n) is 1.19. The lowest BCUT2D eigenvalue weighted by Crippen LogP contribution is -2.45. The zero-order valence-corrected chi connectivity index (χ0v) is 9.41. The zero-order valence-electron chi connectivity index (χ0n) is 8.65. The first-order chi connectivity index (χ1) is 7.57. The van der Waals surface area contributed by atoms with Crippen LogP contribution >= 0.6 is 11.6 Å². The first kappa shape index (κ1) is 14.2. The van der Waals surface area contributed by atoms with Crippen molar-refractivity contribution in [2.75, 3.05) is 0 Å². The number of alkyl halides is 5. The van der Waals surface area contributed by atoms with E-state index < -0.39 is 18.1 Å². The van der Waals surface area contributed by atoms with Gasteiger partial charge in [0.25, 0.3) is 0 Å². The van der Waals surface area contributed by atoms with Gasteiger partial charge in [0.05, 0.1) is 0 Å². The van der Waals surface area contributed by atoms with Gasteiger partial charge in [0, 0.05) is 5.02 Å². The van der Waals surface area contributed by atoms with Gasteiger partial charge in [0.1, 0.15) is 6.04 Å². The normalized spacial score (nSPS) is 14.8. The molecule has 0 saturated carbocycles. The fraction of sp³-hybridized carbons (Fsp3) is 0.400. The maximum atomic E-state index is 12.9. The fourth-order valence-corrected chi connectivity index (χ4v) is 1.38. The van der Waals surface area contributed by atoms with Crippen LogP contribution < -0.4 is 5.73 Å². The van der Waals surface area contributed by atoms with Crippen LogP contribution in [0.4, 0.5) is 22.0 Å². The first-order valence-corrected chi connectivity index (χ1v) is 4.91. The first-order valence-electron chi connectivity index (χ1n) is 4.53. The van der Waals surface area contributed by atoms with Crippen LogP contribution in [0.3, 0.4) is 0 Å². The maximum Gasteiger partial charge on any atom is 0.455 e. The molecule has 0 heterocycles. The molecule has 0 saturated heterocycles. The molecule has 0 aliphatic carbocycles. The van der Waals surface area contributed by atoms with E-state index in [0.29, 0.717) is 5.56 Å². The molecule has 1 aromatic carbocycles. The number of hydrogen-bond acceptors (Lipinski definition) is 1. The molecule has 0 amide bonds. The molecule has 0 fully saturated rings. The highest BCUT2D eigenvalue weighted by Crippen LogP contribution is 2.43. The minimum Gasteiger partial charge on any atom is -0.319 e. The van der Waals surface area contributed by atoms with E-state index >= 15 is 0 Å². The summed E-state index contributed by atoms with van der Waals surface area (Å²) in [6.45, 7) is 1.60. The minimum atomic E-state index is -5.69. The van der Waals surface area contributed by atoms with Crippen molar-refractivity contribution in [1.29, 1.82) is 0 Å². The van der Waals surface area contributed by atoms with Crippen LogP contribution in [0.25, 0.3) is 0 Å². The third kappa shape index (κ3) is 2.69. The van der Waals surface area contributed by atoms with Gasteiger partial charge in [0.2, 0.25) is 0 Å². The van der Waals surface area contributed by atoms with Gasteiger partial charge in [-0.2, -0.15) is 22.0 Å². The molecule has 0 unspecified atom stereocenters. The van der Waals surface area contributed by atoms with E-state index in [9.17, 15) is 22.0 Å². The summed E-state index contributed by atoms with van der Waals surface area (Å²) < 4.78 is 62.2. The average molecular weight is 274 g/mol. The summed E-state index contributed by atoms with van der Waals surface area (Å²) in [5.74, 6) is -4.99. The van der Waals surface area contributed by atoms with E-state index in [4.69, 9.17) is 17.3 Å². The van der Waals surface area contributed by atoms with Crippen LogP contribution in [0, 0.1) is 6.92 Å². The molecular weight excluding hydrogens is 265 g/mol. The van der Waals surface area contributed by atoms with Crippen molar-refractivity contribution in [1.82, 2.24) is 0 Å². The molecule has 7 heteroatoms. The summed E-state index contributed by atoms with van der Waals surface area (Å²) in [6.07, 6.45) is -5.69. The molecule has 0 radical (unpaired) electrons. The Morgan fingerprint density at radius 2 is 1.71 bits per heavy atom. The monoisotopic (exact) mass is 273 g/mol. The summed E-state index contributed by atoms with van der Waals surface area (Å²) in [6, 6.07) is 0.983. The van der Waals surface area contributed by atoms with Gasteiger partial charge in [0.15, 0.2) is 0 Å². The Hall–Kier alpha value is -0.880. The van der Waals surface area contributed by atoms with Crippen molar-refractivity contribution in [2.45, 2.75) is 25.1 Å². The second-order valence-corrected chi connectivity index (χ2v) is 4.01. The third-order valence-electron chi connectivity index (χ3n) is 2.32. The second-order valence-electron chi connectivity index (χ2n) is 3.61. The third-order valence-corrected chi connectivity index (χ3v) is 2.73. The van der Waals surface area contributed by atoms with Crippen molar-refractivity contribution < 1.29 is 22.0 Å². The van der Waals surface area contributed by atoms with Crippen molar-refractivity contribution in [2.24, 2.45) is 5.73 Å². The Morgan fingerprint density at radius 1 is 1.18 bits per heavy atom. The average Bonchev–Trinajstić information content (AvgIpc) is 2.19. The second kappa shape index (κ2) is 4.42.